The van der Waals surface area contributed by atoms with E-state index >= 15 is 0 Å². The van der Waals surface area contributed by atoms with Gasteiger partial charge in [-0.1, -0.05) is 25.2 Å². The summed E-state index contributed by atoms with van der Waals surface area (Å²) in [6.45, 7) is 4.53. The van der Waals surface area contributed by atoms with Gasteiger partial charge in [0.25, 0.3) is 0 Å². The fourth-order valence-corrected chi connectivity index (χ4v) is 0.729. The Morgan fingerprint density at radius 2 is 2.10 bits per heavy atom. The second-order valence-electron chi connectivity index (χ2n) is 2.57. The molecule has 3 heteroatoms. The summed E-state index contributed by atoms with van der Waals surface area (Å²) in [6, 6.07) is 3.14. The van der Waals surface area contributed by atoms with Crippen LogP contribution in [0.25, 0.3) is 0 Å². The molecule has 0 amide bonds. The number of halogens is 1. The van der Waals surface area contributed by atoms with Gasteiger partial charge in [-0.15, -0.1) is 0 Å². The third-order valence-corrected chi connectivity index (χ3v) is 1.42. The van der Waals surface area contributed by atoms with Crippen molar-refractivity contribution in [2.24, 2.45) is 0 Å². The summed E-state index contributed by atoms with van der Waals surface area (Å²) in [4.78, 5) is 3.53. The Morgan fingerprint density at radius 1 is 1.40 bits per heavy atom. The summed E-state index contributed by atoms with van der Waals surface area (Å²) in [7, 11) is 0. The van der Waals surface area contributed by atoms with Gasteiger partial charge < -0.3 is 0 Å². The maximum atomic E-state index is 12.2. The molecule has 0 aliphatic heterocycles. The highest BCUT2D eigenvalue weighted by Gasteiger charge is 2.01. The van der Waals surface area contributed by atoms with Gasteiger partial charge in [-0.05, 0) is 6.07 Å². The van der Waals surface area contributed by atoms with Crippen molar-refractivity contribution in [1.29, 1.82) is 0 Å². The standard InChI is InChI=1S/C7H9BFN/c1-8(2)6-3-4-7(9)10-5-6/h3-5H,1-2H3. The highest BCUT2D eigenvalue weighted by Crippen LogP contribution is 1.89. The van der Waals surface area contributed by atoms with Crippen molar-refractivity contribution in [3.8, 4) is 0 Å². The number of pyridine rings is 1. The van der Waals surface area contributed by atoms with E-state index in [1.165, 1.54) is 6.07 Å². The summed E-state index contributed by atoms with van der Waals surface area (Å²) < 4.78 is 12.2. The zero-order valence-electron chi connectivity index (χ0n) is 6.13. The highest BCUT2D eigenvalue weighted by atomic mass is 19.1. The topological polar surface area (TPSA) is 12.9 Å². The van der Waals surface area contributed by atoms with Gasteiger partial charge in [-0.25, -0.2) is 4.98 Å². The number of nitrogens with zero attached hydrogens (tertiary/aromatic N) is 1. The van der Waals surface area contributed by atoms with Crippen LogP contribution in [0.15, 0.2) is 18.3 Å². The largest absolute Gasteiger partial charge is 0.229 e. The summed E-state index contributed by atoms with van der Waals surface area (Å²) in [5, 5.41) is 0. The molecule has 10 heavy (non-hydrogen) atoms. The Morgan fingerprint density at radius 3 is 2.50 bits per heavy atom. The minimum atomic E-state index is -0.413. The van der Waals surface area contributed by atoms with Gasteiger partial charge in [0, 0.05) is 6.20 Å². The minimum Gasteiger partial charge on any atom is -0.229 e. The first-order valence-corrected chi connectivity index (χ1v) is 3.31. The van der Waals surface area contributed by atoms with E-state index < -0.39 is 5.95 Å². The Balaban J connectivity index is 2.89. The molecule has 0 aliphatic carbocycles. The van der Waals surface area contributed by atoms with Gasteiger partial charge in [0.1, 0.15) is 0 Å². The van der Waals surface area contributed by atoms with Gasteiger partial charge in [0.2, 0.25) is 5.95 Å². The Labute approximate surface area is 60.4 Å². The minimum absolute atomic E-state index is 0.413. The molecular weight excluding hydrogens is 128 g/mol. The van der Waals surface area contributed by atoms with Crippen molar-refractivity contribution in [3.05, 3.63) is 24.3 Å². The number of rotatable bonds is 1. The third kappa shape index (κ3) is 1.56. The highest BCUT2D eigenvalue weighted by molar-refractivity contribution is 6.70. The molecule has 0 saturated carbocycles. The lowest BCUT2D eigenvalue weighted by atomic mass is 9.50. The molecule has 0 fully saturated rings. The van der Waals surface area contributed by atoms with Crippen LogP contribution in [0.1, 0.15) is 0 Å². The number of aromatic nitrogens is 1. The molecule has 0 unspecified atom stereocenters. The Kier molecular flexibility index (Phi) is 2.04. The number of hydrogen-bond donors (Lipinski definition) is 0. The molecule has 1 aromatic rings. The van der Waals surface area contributed by atoms with Crippen LogP contribution in [0, 0.1) is 5.95 Å². The molecule has 52 valence electrons. The predicted octanol–water partition coefficient (Wildman–Crippen LogP) is 1.18. The SMILES string of the molecule is CB(C)c1ccc(F)nc1. The smallest absolute Gasteiger partial charge is 0.212 e. The normalized spacial score (nSPS) is 9.50. The van der Waals surface area contributed by atoms with E-state index in [2.05, 4.69) is 18.6 Å². The second kappa shape index (κ2) is 2.82. The molecule has 1 nitrogen and oxygen atoms in total. The van der Waals surface area contributed by atoms with Gasteiger partial charge in [0.15, 0.2) is 6.71 Å². The predicted molar refractivity (Wildman–Crippen MR) is 41.3 cm³/mol. The molecule has 0 N–H and O–H groups in total. The molecule has 0 radical (unpaired) electrons. The fraction of sp³-hybridized carbons (Fsp3) is 0.286. The fourth-order valence-electron chi connectivity index (χ4n) is 0.729. The maximum absolute atomic E-state index is 12.2. The van der Waals surface area contributed by atoms with E-state index in [0.717, 1.165) is 5.46 Å². The van der Waals surface area contributed by atoms with Gasteiger partial charge in [-0.2, -0.15) is 4.39 Å². The molecule has 0 atom stereocenters. The van der Waals surface area contributed by atoms with E-state index in [9.17, 15) is 4.39 Å². The molecule has 1 rings (SSSR count). The van der Waals surface area contributed by atoms with Crippen LogP contribution in [-0.4, -0.2) is 11.7 Å². The third-order valence-electron chi connectivity index (χ3n) is 1.42. The van der Waals surface area contributed by atoms with E-state index in [-0.39, 0.29) is 0 Å². The molecule has 0 aliphatic rings. The average molecular weight is 137 g/mol. The van der Waals surface area contributed by atoms with Crippen LogP contribution in [0.3, 0.4) is 0 Å². The summed E-state index contributed by atoms with van der Waals surface area (Å²) in [5.74, 6) is -0.413. The Bertz CT molecular complexity index is 207. The van der Waals surface area contributed by atoms with Crippen LogP contribution >= 0.6 is 0 Å². The van der Waals surface area contributed by atoms with Gasteiger partial charge in [0.05, 0.1) is 0 Å². The van der Waals surface area contributed by atoms with Crippen molar-refractivity contribution in [1.82, 2.24) is 4.98 Å². The average Bonchev–Trinajstić information content (AvgIpc) is 1.88. The van der Waals surface area contributed by atoms with E-state index in [4.69, 9.17) is 0 Å². The van der Waals surface area contributed by atoms with E-state index in [1.54, 1.807) is 12.3 Å². The zero-order chi connectivity index (χ0) is 7.56. The Hall–Kier alpha value is -0.855. The molecule has 0 bridgehead atoms. The maximum Gasteiger partial charge on any atom is 0.212 e. The zero-order valence-corrected chi connectivity index (χ0v) is 6.13. The summed E-state index contributed by atoms with van der Waals surface area (Å²) in [6.07, 6.45) is 1.57. The summed E-state index contributed by atoms with van der Waals surface area (Å²) in [5.41, 5.74) is 1.07. The number of hydrogen-bond acceptors (Lipinski definition) is 1. The molecule has 0 saturated heterocycles. The van der Waals surface area contributed by atoms with E-state index in [0.29, 0.717) is 6.71 Å². The molecule has 0 spiro atoms. The first-order valence-electron chi connectivity index (χ1n) is 3.31. The first-order chi connectivity index (χ1) is 4.70. The van der Waals surface area contributed by atoms with E-state index in [1.807, 2.05) is 0 Å². The van der Waals surface area contributed by atoms with Crippen LogP contribution in [0.5, 0.6) is 0 Å². The van der Waals surface area contributed by atoms with Crippen LogP contribution in [-0.2, 0) is 0 Å². The van der Waals surface area contributed by atoms with Crippen LogP contribution < -0.4 is 5.46 Å². The lowest BCUT2D eigenvalue weighted by Crippen LogP contribution is -2.22. The lowest BCUT2D eigenvalue weighted by molar-refractivity contribution is 0.584. The molecule has 1 heterocycles. The van der Waals surface area contributed by atoms with Crippen molar-refractivity contribution in [3.63, 3.8) is 0 Å². The van der Waals surface area contributed by atoms with Gasteiger partial charge in [-0.3, -0.25) is 0 Å². The van der Waals surface area contributed by atoms with Gasteiger partial charge >= 0.3 is 0 Å². The molecule has 0 aromatic carbocycles. The summed E-state index contributed by atoms with van der Waals surface area (Å²) >= 11 is 0. The lowest BCUT2D eigenvalue weighted by Gasteiger charge is -1.98. The molecular formula is C7H9BFN. The molecule has 1 aromatic heterocycles. The van der Waals surface area contributed by atoms with Crippen molar-refractivity contribution < 1.29 is 4.39 Å². The first kappa shape index (κ1) is 7.25. The quantitative estimate of drug-likeness (QED) is 0.418. The van der Waals surface area contributed by atoms with Crippen LogP contribution in [0.4, 0.5) is 4.39 Å². The van der Waals surface area contributed by atoms with Crippen LogP contribution in [0.2, 0.25) is 13.6 Å². The van der Waals surface area contributed by atoms with Crippen molar-refractivity contribution >= 4 is 12.2 Å². The second-order valence-corrected chi connectivity index (χ2v) is 2.57. The van der Waals surface area contributed by atoms with Crippen molar-refractivity contribution in [2.75, 3.05) is 0 Å². The van der Waals surface area contributed by atoms with Crippen molar-refractivity contribution in [2.45, 2.75) is 13.6 Å². The monoisotopic (exact) mass is 137 g/mol.